The summed E-state index contributed by atoms with van der Waals surface area (Å²) >= 11 is 0. The van der Waals surface area contributed by atoms with Gasteiger partial charge in [0, 0.05) is 12.0 Å². The quantitative estimate of drug-likeness (QED) is 0.663. The molecule has 5 rings (SSSR count). The van der Waals surface area contributed by atoms with E-state index in [1.165, 1.54) is 17.1 Å². The molecule has 0 radical (unpaired) electrons. The number of hydrogen-bond acceptors (Lipinski definition) is 4. The molecule has 3 aliphatic heterocycles. The number of aryl methyl sites for hydroxylation is 1. The van der Waals surface area contributed by atoms with Gasteiger partial charge >= 0.3 is 0 Å². The minimum Gasteiger partial charge on any atom is -1.00 e. The molecule has 0 aliphatic carbocycles. The van der Waals surface area contributed by atoms with Crippen LogP contribution in [0.25, 0.3) is 0 Å². The van der Waals surface area contributed by atoms with Crippen molar-refractivity contribution in [2.24, 2.45) is 0 Å². The molecular formula is C22H25BrN2O3. The Morgan fingerprint density at radius 3 is 2.64 bits per heavy atom. The minimum absolute atomic E-state index is 0. The summed E-state index contributed by atoms with van der Waals surface area (Å²) in [6.07, 6.45) is 3.24. The number of aliphatic hydroxyl groups is 1. The van der Waals surface area contributed by atoms with E-state index in [1.807, 2.05) is 18.2 Å². The lowest BCUT2D eigenvalue weighted by Gasteiger charge is -2.26. The third-order valence-corrected chi connectivity index (χ3v) is 5.89. The Hall–Kier alpha value is -2.05. The molecule has 1 unspecified atom stereocenters. The van der Waals surface area contributed by atoms with Crippen molar-refractivity contribution in [3.63, 3.8) is 0 Å². The van der Waals surface area contributed by atoms with Gasteiger partial charge in [0.2, 0.25) is 0 Å². The van der Waals surface area contributed by atoms with Gasteiger partial charge in [-0.1, -0.05) is 18.2 Å². The first-order chi connectivity index (χ1) is 13.2. The summed E-state index contributed by atoms with van der Waals surface area (Å²) in [4.78, 5) is 2.30. The smallest absolute Gasteiger partial charge is 0.271 e. The topological polar surface area (TPSA) is 44.9 Å². The van der Waals surface area contributed by atoms with Gasteiger partial charge in [-0.3, -0.25) is 0 Å². The number of amidine groups is 1. The highest BCUT2D eigenvalue weighted by molar-refractivity contribution is 5.96. The lowest BCUT2D eigenvalue weighted by molar-refractivity contribution is -0.661. The Kier molecular flexibility index (Phi) is 5.10. The lowest BCUT2D eigenvalue weighted by atomic mass is 10.0. The summed E-state index contributed by atoms with van der Waals surface area (Å²) in [5, 5.41) is 11.8. The Balaban J connectivity index is 0.00000192. The van der Waals surface area contributed by atoms with Crippen molar-refractivity contribution < 1.29 is 36.1 Å². The Morgan fingerprint density at radius 1 is 1.04 bits per heavy atom. The third kappa shape index (κ3) is 2.99. The van der Waals surface area contributed by atoms with Crippen molar-refractivity contribution in [2.45, 2.75) is 31.9 Å². The highest BCUT2D eigenvalue weighted by Gasteiger charge is 2.53. The monoisotopic (exact) mass is 444 g/mol. The second-order valence-corrected chi connectivity index (χ2v) is 7.57. The second kappa shape index (κ2) is 7.41. The molecule has 148 valence electrons. The molecule has 3 heterocycles. The van der Waals surface area contributed by atoms with Crippen LogP contribution < -0.4 is 31.4 Å². The number of rotatable bonds is 2. The summed E-state index contributed by atoms with van der Waals surface area (Å²) in [6.45, 7) is 4.63. The van der Waals surface area contributed by atoms with Crippen LogP contribution in [0.3, 0.4) is 0 Å². The molecular weight excluding hydrogens is 420 g/mol. The number of para-hydroxylation sites is 1. The lowest BCUT2D eigenvalue weighted by Crippen LogP contribution is -3.00. The molecule has 0 spiro atoms. The third-order valence-electron chi connectivity index (χ3n) is 5.89. The van der Waals surface area contributed by atoms with Gasteiger partial charge in [-0.2, -0.15) is 0 Å². The molecule has 1 N–H and O–H groups in total. The molecule has 5 nitrogen and oxygen atoms in total. The van der Waals surface area contributed by atoms with E-state index < -0.39 is 5.72 Å². The number of benzene rings is 2. The van der Waals surface area contributed by atoms with Gasteiger partial charge in [-0.25, -0.2) is 9.48 Å². The minimum atomic E-state index is -1.06. The summed E-state index contributed by atoms with van der Waals surface area (Å²) in [5.74, 6) is 2.69. The van der Waals surface area contributed by atoms with Crippen LogP contribution in [0.2, 0.25) is 0 Å². The summed E-state index contributed by atoms with van der Waals surface area (Å²) in [7, 11) is 0. The van der Waals surface area contributed by atoms with E-state index >= 15 is 0 Å². The van der Waals surface area contributed by atoms with Crippen molar-refractivity contribution in [3.05, 3.63) is 53.6 Å². The maximum atomic E-state index is 11.8. The van der Waals surface area contributed by atoms with Crippen molar-refractivity contribution in [1.82, 2.24) is 0 Å². The second-order valence-electron chi connectivity index (χ2n) is 7.57. The van der Waals surface area contributed by atoms with Crippen LogP contribution in [-0.4, -0.2) is 41.8 Å². The summed E-state index contributed by atoms with van der Waals surface area (Å²) in [6, 6.07) is 14.2. The number of ether oxygens (including phenoxy) is 2. The first-order valence-electron chi connectivity index (χ1n) is 9.76. The zero-order valence-electron chi connectivity index (χ0n) is 16.0. The standard InChI is InChI=1S/C22H25N2O3.BrH/c1-16-6-2-3-7-18(16)23-15-22(25,24-11-5-4-8-21(23)24)17-9-10-19-20(14-17)27-13-12-26-19;/h2-3,6-7,9-10,14,25H,4-5,8,11-13,15H2,1H3;1H/q+1;/p-1. The van der Waals surface area contributed by atoms with Crippen molar-refractivity contribution >= 4 is 11.5 Å². The molecule has 0 saturated heterocycles. The maximum absolute atomic E-state index is 11.8. The average Bonchev–Trinajstić information content (AvgIpc) is 3.02. The molecule has 0 aromatic heterocycles. The molecule has 2 aromatic rings. The fourth-order valence-corrected chi connectivity index (χ4v) is 4.52. The molecule has 3 aliphatic rings. The molecule has 1 atom stereocenters. The van der Waals surface area contributed by atoms with Gasteiger partial charge in [0.25, 0.3) is 11.6 Å². The van der Waals surface area contributed by atoms with Crippen LogP contribution in [0.15, 0.2) is 42.5 Å². The summed E-state index contributed by atoms with van der Waals surface area (Å²) in [5.41, 5.74) is 2.20. The van der Waals surface area contributed by atoms with Gasteiger partial charge in [-0.15, -0.1) is 0 Å². The zero-order chi connectivity index (χ0) is 18.4. The number of fused-ring (bicyclic) bond motifs is 1. The van der Waals surface area contributed by atoms with Crippen molar-refractivity contribution in [2.75, 3.05) is 31.2 Å². The van der Waals surface area contributed by atoms with E-state index in [2.05, 4.69) is 40.7 Å². The summed E-state index contributed by atoms with van der Waals surface area (Å²) < 4.78 is 13.6. The van der Waals surface area contributed by atoms with Crippen molar-refractivity contribution in [1.29, 1.82) is 0 Å². The Bertz CT molecular complexity index is 930. The van der Waals surface area contributed by atoms with E-state index in [9.17, 15) is 5.11 Å². The number of nitrogens with zero attached hydrogens (tertiary/aromatic N) is 2. The first-order valence-corrected chi connectivity index (χ1v) is 9.76. The van der Waals surface area contributed by atoms with Gasteiger partial charge in [0.05, 0.1) is 6.54 Å². The SMILES string of the molecule is Cc1ccccc1N1CC(O)(c2ccc3c(c2)OCCO3)[N+]2=C1CCCC2.[Br-]. The predicted octanol–water partition coefficient (Wildman–Crippen LogP) is 0.0304. The molecule has 2 aromatic carbocycles. The first kappa shape index (κ1) is 19.3. The van der Waals surface area contributed by atoms with Crippen LogP contribution in [0.1, 0.15) is 30.4 Å². The highest BCUT2D eigenvalue weighted by atomic mass is 79.9. The number of anilines is 1. The molecule has 0 saturated carbocycles. The number of hydrogen-bond donors (Lipinski definition) is 1. The fraction of sp³-hybridized carbons (Fsp3) is 0.409. The van der Waals surface area contributed by atoms with Gasteiger partial charge < -0.3 is 31.6 Å². The van der Waals surface area contributed by atoms with E-state index in [-0.39, 0.29) is 17.0 Å². The van der Waals surface area contributed by atoms with E-state index in [1.54, 1.807) is 0 Å². The predicted molar refractivity (Wildman–Crippen MR) is 104 cm³/mol. The molecule has 28 heavy (non-hydrogen) atoms. The Morgan fingerprint density at radius 2 is 1.82 bits per heavy atom. The van der Waals surface area contributed by atoms with E-state index in [0.717, 1.165) is 42.9 Å². The van der Waals surface area contributed by atoms with Crippen LogP contribution >= 0.6 is 0 Å². The molecule has 0 fully saturated rings. The van der Waals surface area contributed by atoms with Crippen LogP contribution in [0.4, 0.5) is 5.69 Å². The maximum Gasteiger partial charge on any atom is 0.271 e. The molecule has 0 amide bonds. The molecule has 6 heteroatoms. The molecule has 0 bridgehead atoms. The van der Waals surface area contributed by atoms with Crippen LogP contribution in [0, 0.1) is 6.92 Å². The van der Waals surface area contributed by atoms with Crippen LogP contribution in [-0.2, 0) is 5.72 Å². The van der Waals surface area contributed by atoms with E-state index in [4.69, 9.17) is 9.47 Å². The normalized spacial score (nSPS) is 23.3. The number of halogens is 1. The average molecular weight is 445 g/mol. The van der Waals surface area contributed by atoms with Gasteiger partial charge in [0.15, 0.2) is 18.0 Å². The largest absolute Gasteiger partial charge is 1.00 e. The Labute approximate surface area is 176 Å². The van der Waals surface area contributed by atoms with Crippen LogP contribution in [0.5, 0.6) is 11.5 Å². The highest BCUT2D eigenvalue weighted by Crippen LogP contribution is 2.40. The zero-order valence-corrected chi connectivity index (χ0v) is 17.6. The van der Waals surface area contributed by atoms with Gasteiger partial charge in [0.1, 0.15) is 18.9 Å². The fourth-order valence-electron chi connectivity index (χ4n) is 4.52. The van der Waals surface area contributed by atoms with Crippen molar-refractivity contribution in [3.8, 4) is 11.5 Å². The number of β-amino-alcohol motifs (C(OH)–C–C–N with tert-alkyl or cyclic N) is 1. The van der Waals surface area contributed by atoms with E-state index in [0.29, 0.717) is 19.8 Å². The van der Waals surface area contributed by atoms with Gasteiger partial charge in [-0.05, 0) is 49.6 Å².